The molecular weight excluding hydrogens is 360 g/mol. The van der Waals surface area contributed by atoms with E-state index in [1.165, 1.54) is 110 Å². The van der Waals surface area contributed by atoms with Gasteiger partial charge in [0, 0.05) is 0 Å². The van der Waals surface area contributed by atoms with Crippen molar-refractivity contribution in [3.8, 4) is 0 Å². The van der Waals surface area contributed by atoms with E-state index in [1.807, 2.05) is 0 Å². The quantitative estimate of drug-likeness (QED) is 0.274. The molecule has 2 fully saturated rings. The highest BCUT2D eigenvalue weighted by atomic mass is 16.6. The Morgan fingerprint density at radius 3 is 1.79 bits per heavy atom. The molecule has 2 aliphatic rings. The standard InChI is InChI=1S/C26H48O3/c1-4-5-6-7-8-9-10-11-12-21-13-15-22(16-14-21)23-17-19-24(20-18-23)29-25(27)26(2,3)28/h21-24,28H,4-20H2,1-3H3. The summed E-state index contributed by atoms with van der Waals surface area (Å²) in [4.78, 5) is 11.9. The molecule has 0 aliphatic heterocycles. The molecule has 0 saturated heterocycles. The van der Waals surface area contributed by atoms with E-state index < -0.39 is 11.6 Å². The molecule has 2 saturated carbocycles. The number of unbranched alkanes of at least 4 members (excludes halogenated alkanes) is 7. The molecule has 3 heteroatoms. The molecule has 170 valence electrons. The van der Waals surface area contributed by atoms with E-state index in [2.05, 4.69) is 6.92 Å². The summed E-state index contributed by atoms with van der Waals surface area (Å²) in [5.41, 5.74) is -1.37. The molecule has 0 amide bonds. The molecule has 0 aromatic rings. The van der Waals surface area contributed by atoms with Gasteiger partial charge in [-0.2, -0.15) is 0 Å². The van der Waals surface area contributed by atoms with Gasteiger partial charge in [-0.3, -0.25) is 0 Å². The van der Waals surface area contributed by atoms with Crippen molar-refractivity contribution in [2.75, 3.05) is 0 Å². The maximum Gasteiger partial charge on any atom is 0.337 e. The second-order valence-corrected chi connectivity index (χ2v) is 10.5. The third kappa shape index (κ3) is 9.40. The predicted molar refractivity (Wildman–Crippen MR) is 121 cm³/mol. The lowest BCUT2D eigenvalue weighted by Crippen LogP contribution is -2.37. The number of carbonyl (C=O) groups excluding carboxylic acids is 1. The Morgan fingerprint density at radius 2 is 1.28 bits per heavy atom. The molecule has 0 radical (unpaired) electrons. The first kappa shape index (κ1) is 24.7. The number of carbonyl (C=O) groups is 1. The van der Waals surface area contributed by atoms with E-state index >= 15 is 0 Å². The van der Waals surface area contributed by atoms with Gasteiger partial charge in [-0.25, -0.2) is 4.79 Å². The van der Waals surface area contributed by atoms with E-state index in [-0.39, 0.29) is 6.10 Å². The van der Waals surface area contributed by atoms with Gasteiger partial charge in [-0.05, 0) is 70.1 Å². The van der Waals surface area contributed by atoms with Gasteiger partial charge in [-0.1, -0.05) is 77.6 Å². The van der Waals surface area contributed by atoms with Crippen LogP contribution in [0.2, 0.25) is 0 Å². The molecule has 0 aromatic carbocycles. The topological polar surface area (TPSA) is 46.5 Å². The number of hydrogen-bond acceptors (Lipinski definition) is 3. The Hall–Kier alpha value is -0.570. The molecule has 0 spiro atoms. The van der Waals surface area contributed by atoms with Gasteiger partial charge in [0.25, 0.3) is 0 Å². The molecule has 2 aliphatic carbocycles. The first-order valence-electron chi connectivity index (χ1n) is 12.8. The van der Waals surface area contributed by atoms with Crippen LogP contribution in [-0.4, -0.2) is 22.8 Å². The van der Waals surface area contributed by atoms with Gasteiger partial charge in [0.2, 0.25) is 0 Å². The predicted octanol–water partition coefficient (Wildman–Crippen LogP) is 7.20. The van der Waals surface area contributed by atoms with Crippen molar-refractivity contribution in [3.63, 3.8) is 0 Å². The Morgan fingerprint density at radius 1 is 0.793 bits per heavy atom. The Balaban J connectivity index is 1.52. The van der Waals surface area contributed by atoms with Crippen LogP contribution in [0.3, 0.4) is 0 Å². The second-order valence-electron chi connectivity index (χ2n) is 10.5. The molecule has 29 heavy (non-hydrogen) atoms. The van der Waals surface area contributed by atoms with Crippen molar-refractivity contribution in [1.29, 1.82) is 0 Å². The molecule has 0 atom stereocenters. The fourth-order valence-electron chi connectivity index (χ4n) is 5.49. The fourth-order valence-corrected chi connectivity index (χ4v) is 5.49. The molecule has 1 N–H and O–H groups in total. The van der Waals surface area contributed by atoms with Gasteiger partial charge in [-0.15, -0.1) is 0 Å². The maximum atomic E-state index is 11.9. The highest BCUT2D eigenvalue weighted by Crippen LogP contribution is 2.41. The highest BCUT2D eigenvalue weighted by molar-refractivity contribution is 5.78. The summed E-state index contributed by atoms with van der Waals surface area (Å²) < 4.78 is 5.51. The van der Waals surface area contributed by atoms with E-state index in [1.54, 1.807) is 0 Å². The third-order valence-electron chi connectivity index (χ3n) is 7.52. The lowest BCUT2D eigenvalue weighted by atomic mass is 9.70. The summed E-state index contributed by atoms with van der Waals surface area (Å²) in [6, 6.07) is 0. The lowest BCUT2D eigenvalue weighted by molar-refractivity contribution is -0.169. The first-order chi connectivity index (χ1) is 13.9. The van der Waals surface area contributed by atoms with Crippen molar-refractivity contribution in [2.24, 2.45) is 17.8 Å². The highest BCUT2D eigenvalue weighted by Gasteiger charge is 2.34. The number of hydrogen-bond donors (Lipinski definition) is 1. The average molecular weight is 409 g/mol. The van der Waals surface area contributed by atoms with Crippen LogP contribution in [0.15, 0.2) is 0 Å². The van der Waals surface area contributed by atoms with Gasteiger partial charge in [0.1, 0.15) is 6.10 Å². The Labute approximate surface area is 180 Å². The minimum absolute atomic E-state index is 0.0171. The number of ether oxygens (including phenoxy) is 1. The normalized spacial score (nSPS) is 28.3. The van der Waals surface area contributed by atoms with Gasteiger partial charge in [0.05, 0.1) is 0 Å². The molecule has 2 rings (SSSR count). The number of rotatable bonds is 12. The molecule has 3 nitrogen and oxygen atoms in total. The van der Waals surface area contributed by atoms with Gasteiger partial charge in [0.15, 0.2) is 5.60 Å². The lowest BCUT2D eigenvalue weighted by Gasteiger charge is -2.38. The second kappa shape index (κ2) is 13.0. The van der Waals surface area contributed by atoms with Gasteiger partial charge < -0.3 is 9.84 Å². The van der Waals surface area contributed by atoms with E-state index in [4.69, 9.17) is 4.74 Å². The SMILES string of the molecule is CCCCCCCCCCC1CCC(C2CCC(OC(=O)C(C)(C)O)CC2)CC1. The maximum absolute atomic E-state index is 11.9. The smallest absolute Gasteiger partial charge is 0.337 e. The van der Waals surface area contributed by atoms with E-state index in [9.17, 15) is 9.90 Å². The minimum atomic E-state index is -1.37. The summed E-state index contributed by atoms with van der Waals surface area (Å²) >= 11 is 0. The van der Waals surface area contributed by atoms with Crippen LogP contribution in [-0.2, 0) is 9.53 Å². The van der Waals surface area contributed by atoms with Gasteiger partial charge >= 0.3 is 5.97 Å². The van der Waals surface area contributed by atoms with Crippen molar-refractivity contribution < 1.29 is 14.6 Å². The van der Waals surface area contributed by atoms with Crippen LogP contribution in [0.5, 0.6) is 0 Å². The van der Waals surface area contributed by atoms with Crippen molar-refractivity contribution in [3.05, 3.63) is 0 Å². The molecule has 0 aromatic heterocycles. The van der Waals surface area contributed by atoms with Crippen LogP contribution >= 0.6 is 0 Å². The summed E-state index contributed by atoms with van der Waals surface area (Å²) in [6.07, 6.45) is 22.9. The molecular formula is C26H48O3. The first-order valence-corrected chi connectivity index (χ1v) is 12.8. The third-order valence-corrected chi connectivity index (χ3v) is 7.52. The van der Waals surface area contributed by atoms with Crippen molar-refractivity contribution >= 4 is 5.97 Å². The van der Waals surface area contributed by atoms with Crippen LogP contribution < -0.4 is 0 Å². The van der Waals surface area contributed by atoms with Crippen LogP contribution in [0, 0.1) is 17.8 Å². The van der Waals surface area contributed by atoms with Crippen LogP contribution in [0.25, 0.3) is 0 Å². The monoisotopic (exact) mass is 408 g/mol. The zero-order valence-electron chi connectivity index (χ0n) is 19.6. The number of esters is 1. The summed E-state index contributed by atoms with van der Waals surface area (Å²) in [7, 11) is 0. The summed E-state index contributed by atoms with van der Waals surface area (Å²) in [5.74, 6) is 2.24. The summed E-state index contributed by atoms with van der Waals surface area (Å²) in [6.45, 7) is 5.30. The van der Waals surface area contributed by atoms with Crippen molar-refractivity contribution in [1.82, 2.24) is 0 Å². The molecule has 0 heterocycles. The van der Waals surface area contributed by atoms with Crippen molar-refractivity contribution in [2.45, 2.75) is 142 Å². The van der Waals surface area contributed by atoms with Crippen LogP contribution in [0.1, 0.15) is 130 Å². The summed E-state index contributed by atoms with van der Waals surface area (Å²) in [5, 5.41) is 9.76. The van der Waals surface area contributed by atoms with E-state index in [0.29, 0.717) is 0 Å². The van der Waals surface area contributed by atoms with E-state index in [0.717, 1.165) is 30.6 Å². The fraction of sp³-hybridized carbons (Fsp3) is 0.962. The minimum Gasteiger partial charge on any atom is -0.460 e. The number of aliphatic hydroxyl groups is 1. The largest absolute Gasteiger partial charge is 0.460 e. The Bertz CT molecular complexity index is 437. The van der Waals surface area contributed by atoms with Crippen LogP contribution in [0.4, 0.5) is 0 Å². The zero-order valence-corrected chi connectivity index (χ0v) is 19.6. The molecule has 0 unspecified atom stereocenters. The molecule has 0 bridgehead atoms. The Kier molecular flexibility index (Phi) is 11.0. The average Bonchev–Trinajstić information content (AvgIpc) is 2.70. The zero-order chi connectivity index (χ0) is 21.1.